The fraction of sp³-hybridized carbons (Fsp3) is 0.333. The van der Waals surface area contributed by atoms with Gasteiger partial charge in [0.05, 0.1) is 8.95 Å². The third-order valence-corrected chi connectivity index (χ3v) is 3.20. The van der Waals surface area contributed by atoms with Crippen molar-refractivity contribution in [2.45, 2.75) is 12.2 Å². The second-order valence-corrected chi connectivity index (χ2v) is 4.81. The smallest absolute Gasteiger partial charge is 0.407 e. The summed E-state index contributed by atoms with van der Waals surface area (Å²) in [7, 11) is 1.23. The lowest BCUT2D eigenvalue weighted by atomic mass is 10.1. The summed E-state index contributed by atoms with van der Waals surface area (Å²) >= 11 is 5.97. The van der Waals surface area contributed by atoms with E-state index in [9.17, 15) is 18.3 Å². The van der Waals surface area contributed by atoms with Crippen LogP contribution >= 0.6 is 31.9 Å². The van der Waals surface area contributed by atoms with Gasteiger partial charge in [0.2, 0.25) is 0 Å². The quantitative estimate of drug-likeness (QED) is 0.840. The van der Waals surface area contributed by atoms with Crippen molar-refractivity contribution in [3.05, 3.63) is 26.6 Å². The second kappa shape index (κ2) is 4.93. The molecule has 1 aromatic rings. The van der Waals surface area contributed by atoms with Gasteiger partial charge in [-0.15, -0.1) is 0 Å². The number of hydrogen-bond donors (Lipinski definition) is 2. The molecule has 2 nitrogen and oxygen atoms in total. The highest BCUT2D eigenvalue weighted by atomic mass is 79.9. The summed E-state index contributed by atoms with van der Waals surface area (Å²) in [5, 5.41) is 11.6. The van der Waals surface area contributed by atoms with Gasteiger partial charge in [0, 0.05) is 0 Å². The normalized spacial score (nSPS) is 13.9. The number of rotatable bonds is 2. The molecule has 0 radical (unpaired) electrons. The van der Waals surface area contributed by atoms with Crippen molar-refractivity contribution in [1.82, 2.24) is 5.32 Å². The fourth-order valence-corrected chi connectivity index (χ4v) is 2.49. The molecule has 1 atom stereocenters. The molecule has 16 heavy (non-hydrogen) atoms. The molecule has 0 aliphatic carbocycles. The van der Waals surface area contributed by atoms with Crippen LogP contribution in [0.4, 0.5) is 13.2 Å². The molecule has 0 amide bonds. The molecule has 7 heteroatoms. The van der Waals surface area contributed by atoms with Crippen molar-refractivity contribution in [2.75, 3.05) is 7.05 Å². The van der Waals surface area contributed by atoms with Crippen LogP contribution in [0.15, 0.2) is 21.1 Å². The highest BCUT2D eigenvalue weighted by Crippen LogP contribution is 2.39. The summed E-state index contributed by atoms with van der Waals surface area (Å²) in [5.74, 6) is -0.124. The Bertz CT molecular complexity index is 372. The molecule has 0 aromatic heterocycles. The van der Waals surface area contributed by atoms with Crippen LogP contribution in [-0.2, 0) is 0 Å². The Balaban J connectivity index is 3.22. The number of phenols is 1. The van der Waals surface area contributed by atoms with E-state index in [2.05, 4.69) is 37.2 Å². The van der Waals surface area contributed by atoms with Crippen molar-refractivity contribution >= 4 is 31.9 Å². The Hall–Kier alpha value is -0.270. The van der Waals surface area contributed by atoms with Crippen molar-refractivity contribution in [3.63, 3.8) is 0 Å². The summed E-state index contributed by atoms with van der Waals surface area (Å²) < 4.78 is 38.3. The van der Waals surface area contributed by atoms with Crippen LogP contribution in [0.5, 0.6) is 5.75 Å². The SMILES string of the molecule is CNC(c1cc(Br)c(O)c(Br)c1)C(F)(F)F. The van der Waals surface area contributed by atoms with Crippen LogP contribution in [0.3, 0.4) is 0 Å². The van der Waals surface area contributed by atoms with Gasteiger partial charge in [-0.1, -0.05) is 0 Å². The molecule has 1 aromatic carbocycles. The second-order valence-electron chi connectivity index (χ2n) is 3.10. The monoisotopic (exact) mass is 361 g/mol. The van der Waals surface area contributed by atoms with Crippen LogP contribution in [0.2, 0.25) is 0 Å². The highest BCUT2D eigenvalue weighted by molar-refractivity contribution is 9.11. The Kier molecular flexibility index (Phi) is 4.25. The third kappa shape index (κ3) is 2.89. The lowest BCUT2D eigenvalue weighted by molar-refractivity contribution is -0.156. The number of hydrogen-bond acceptors (Lipinski definition) is 2. The standard InChI is InChI=1S/C9H8Br2F3NO/c1-15-8(9(12,13)14)4-2-5(10)7(16)6(11)3-4/h2-3,8,15-16H,1H3. The molecule has 0 aliphatic rings. The van der Waals surface area contributed by atoms with Gasteiger partial charge in [-0.3, -0.25) is 0 Å². The summed E-state index contributed by atoms with van der Waals surface area (Å²) in [6.45, 7) is 0. The van der Waals surface area contributed by atoms with Crippen molar-refractivity contribution in [3.8, 4) is 5.75 Å². The average Bonchev–Trinajstić information content (AvgIpc) is 2.12. The molecule has 90 valence electrons. The minimum Gasteiger partial charge on any atom is -0.506 e. The third-order valence-electron chi connectivity index (χ3n) is 1.99. The van der Waals surface area contributed by atoms with Gasteiger partial charge in [0.15, 0.2) is 0 Å². The number of alkyl halides is 3. The summed E-state index contributed by atoms with van der Waals surface area (Å²) in [6.07, 6.45) is -4.38. The minimum absolute atomic E-state index is 0.0200. The van der Waals surface area contributed by atoms with E-state index >= 15 is 0 Å². The molecule has 0 saturated carbocycles. The molecule has 0 bridgehead atoms. The Morgan fingerprint density at radius 1 is 1.25 bits per heavy atom. The molecule has 0 saturated heterocycles. The zero-order valence-electron chi connectivity index (χ0n) is 8.07. The fourth-order valence-electron chi connectivity index (χ4n) is 1.27. The van der Waals surface area contributed by atoms with Crippen molar-refractivity contribution < 1.29 is 18.3 Å². The van der Waals surface area contributed by atoms with Gasteiger partial charge in [-0.05, 0) is 56.6 Å². The maximum atomic E-state index is 12.6. The van der Waals surface area contributed by atoms with Gasteiger partial charge in [0.1, 0.15) is 11.8 Å². The van der Waals surface area contributed by atoms with E-state index in [-0.39, 0.29) is 20.3 Å². The maximum absolute atomic E-state index is 12.6. The zero-order valence-corrected chi connectivity index (χ0v) is 11.2. The molecule has 0 spiro atoms. The Morgan fingerprint density at radius 3 is 2.00 bits per heavy atom. The van der Waals surface area contributed by atoms with E-state index in [1.54, 1.807) is 0 Å². The van der Waals surface area contributed by atoms with Crippen LogP contribution < -0.4 is 5.32 Å². The number of phenolic OH excluding ortho intramolecular Hbond substituents is 1. The molecular weight excluding hydrogens is 355 g/mol. The molecular formula is C9H8Br2F3NO. The van der Waals surface area contributed by atoms with Gasteiger partial charge >= 0.3 is 6.18 Å². The minimum atomic E-state index is -4.38. The number of nitrogens with one attached hydrogen (secondary N) is 1. The molecule has 0 heterocycles. The van der Waals surface area contributed by atoms with Crippen LogP contribution in [-0.4, -0.2) is 18.3 Å². The topological polar surface area (TPSA) is 32.3 Å². The van der Waals surface area contributed by atoms with E-state index in [0.717, 1.165) is 0 Å². The predicted octanol–water partition coefficient (Wildman–Crippen LogP) is 3.74. The van der Waals surface area contributed by atoms with E-state index in [1.807, 2.05) is 0 Å². The van der Waals surface area contributed by atoms with E-state index in [1.165, 1.54) is 19.2 Å². The lowest BCUT2D eigenvalue weighted by Crippen LogP contribution is -2.31. The van der Waals surface area contributed by atoms with Crippen LogP contribution in [0.1, 0.15) is 11.6 Å². The summed E-state index contributed by atoms with van der Waals surface area (Å²) in [6, 6.07) is 0.699. The maximum Gasteiger partial charge on any atom is 0.407 e. The first kappa shape index (κ1) is 13.8. The largest absolute Gasteiger partial charge is 0.506 e. The molecule has 1 rings (SSSR count). The first-order valence-electron chi connectivity index (χ1n) is 4.19. The summed E-state index contributed by atoms with van der Waals surface area (Å²) in [4.78, 5) is 0. The molecule has 0 fully saturated rings. The van der Waals surface area contributed by atoms with Crippen molar-refractivity contribution in [1.29, 1.82) is 0 Å². The van der Waals surface area contributed by atoms with Gasteiger partial charge in [-0.25, -0.2) is 0 Å². The number of halogens is 5. The van der Waals surface area contributed by atoms with Gasteiger partial charge in [0.25, 0.3) is 0 Å². The first-order chi connectivity index (χ1) is 7.27. The van der Waals surface area contributed by atoms with E-state index in [0.29, 0.717) is 0 Å². The first-order valence-corrected chi connectivity index (χ1v) is 5.78. The number of benzene rings is 1. The predicted molar refractivity (Wildman–Crippen MR) is 61.4 cm³/mol. The Labute approximate surface area is 107 Å². The highest BCUT2D eigenvalue weighted by Gasteiger charge is 2.40. The number of aromatic hydroxyl groups is 1. The van der Waals surface area contributed by atoms with Crippen LogP contribution in [0, 0.1) is 0 Å². The van der Waals surface area contributed by atoms with Gasteiger partial charge < -0.3 is 10.4 Å². The van der Waals surface area contributed by atoms with E-state index < -0.39 is 12.2 Å². The Morgan fingerprint density at radius 2 is 1.69 bits per heavy atom. The lowest BCUT2D eigenvalue weighted by Gasteiger charge is -2.20. The van der Waals surface area contributed by atoms with Crippen LogP contribution in [0.25, 0.3) is 0 Å². The van der Waals surface area contributed by atoms with E-state index in [4.69, 9.17) is 0 Å². The van der Waals surface area contributed by atoms with Crippen molar-refractivity contribution in [2.24, 2.45) is 0 Å². The molecule has 2 N–H and O–H groups in total. The summed E-state index contributed by atoms with van der Waals surface area (Å²) in [5.41, 5.74) is 0.0200. The zero-order chi connectivity index (χ0) is 12.5. The average molecular weight is 363 g/mol. The van der Waals surface area contributed by atoms with Gasteiger partial charge in [-0.2, -0.15) is 13.2 Å². The molecule has 1 unspecified atom stereocenters. The molecule has 0 aliphatic heterocycles.